The molecule has 2 N–H and O–H groups in total. The number of rotatable bonds is 14. The van der Waals surface area contributed by atoms with Crippen LogP contribution in [0.25, 0.3) is 0 Å². The molecule has 1 saturated heterocycles. The van der Waals surface area contributed by atoms with E-state index < -0.39 is 0 Å². The van der Waals surface area contributed by atoms with Crippen LogP contribution in [0.1, 0.15) is 84.0 Å². The highest BCUT2D eigenvalue weighted by atomic mass is 16.2. The number of nitrogens with zero attached hydrogens (tertiary/aromatic N) is 2. The number of aryl methyl sites for hydroxylation is 1. The first kappa shape index (κ1) is 23.8. The Balaban J connectivity index is 1.59. The Labute approximate surface area is 190 Å². The zero-order valence-electron chi connectivity index (χ0n) is 19.2. The number of para-hydroxylation sites is 1. The second-order valence-electron chi connectivity index (χ2n) is 8.59. The van der Waals surface area contributed by atoms with Gasteiger partial charge in [-0.05, 0) is 18.6 Å². The van der Waals surface area contributed by atoms with Crippen molar-refractivity contribution in [1.29, 1.82) is 0 Å². The summed E-state index contributed by atoms with van der Waals surface area (Å²) in [7, 11) is 0. The molecule has 0 spiro atoms. The highest BCUT2D eigenvalue weighted by molar-refractivity contribution is 6.21. The third kappa shape index (κ3) is 6.34. The summed E-state index contributed by atoms with van der Waals surface area (Å²) >= 11 is 0. The number of aromatic nitrogens is 2. The summed E-state index contributed by atoms with van der Waals surface area (Å²) in [6.45, 7) is 2.77. The van der Waals surface area contributed by atoms with Gasteiger partial charge in [0, 0.05) is 25.1 Å². The standard InChI is InChI=1S/C25H36N4O3/c1-2-3-4-5-6-7-8-9-10-14-19-28-25(32)23(29-21(30)17-18-22(29)31)24(27-28)26-20-15-12-11-13-16-20/h11-13,15-16,26-27H,2-10,14,17-19H2,1H3. The summed E-state index contributed by atoms with van der Waals surface area (Å²) in [4.78, 5) is 38.8. The van der Waals surface area contributed by atoms with E-state index in [1.165, 1.54) is 49.6 Å². The lowest BCUT2D eigenvalue weighted by atomic mass is 10.1. The minimum Gasteiger partial charge on any atom is -0.339 e. The van der Waals surface area contributed by atoms with E-state index >= 15 is 0 Å². The number of anilines is 3. The van der Waals surface area contributed by atoms with E-state index in [4.69, 9.17) is 0 Å². The lowest BCUT2D eigenvalue weighted by Gasteiger charge is -2.13. The lowest BCUT2D eigenvalue weighted by Crippen LogP contribution is -2.34. The first-order chi connectivity index (χ1) is 15.6. The number of imide groups is 1. The van der Waals surface area contributed by atoms with Gasteiger partial charge in [0.1, 0.15) is 0 Å². The Morgan fingerprint density at radius 2 is 1.38 bits per heavy atom. The first-order valence-electron chi connectivity index (χ1n) is 12.1. The monoisotopic (exact) mass is 440 g/mol. The zero-order chi connectivity index (χ0) is 22.8. The molecule has 3 rings (SSSR count). The molecule has 2 aromatic rings. The number of unbranched alkanes of at least 4 members (excludes halogenated alkanes) is 9. The van der Waals surface area contributed by atoms with Gasteiger partial charge >= 0.3 is 0 Å². The predicted octanol–water partition coefficient (Wildman–Crippen LogP) is 5.49. The molecule has 1 aromatic carbocycles. The van der Waals surface area contributed by atoms with Gasteiger partial charge in [-0.2, -0.15) is 0 Å². The number of carbonyl (C=O) groups is 2. The maximum Gasteiger partial charge on any atom is 0.293 e. The Bertz CT molecular complexity index is 916. The molecule has 0 atom stereocenters. The van der Waals surface area contributed by atoms with Crippen molar-refractivity contribution in [2.75, 3.05) is 10.2 Å². The highest BCUT2D eigenvalue weighted by Gasteiger charge is 2.35. The van der Waals surface area contributed by atoms with Crippen molar-refractivity contribution in [2.45, 2.75) is 90.5 Å². The van der Waals surface area contributed by atoms with Crippen LogP contribution in [0.3, 0.4) is 0 Å². The van der Waals surface area contributed by atoms with Crippen LogP contribution >= 0.6 is 0 Å². The van der Waals surface area contributed by atoms with Crippen LogP contribution in [-0.2, 0) is 16.1 Å². The molecule has 7 nitrogen and oxygen atoms in total. The molecule has 1 aliphatic rings. The number of hydrogen-bond acceptors (Lipinski definition) is 4. The van der Waals surface area contributed by atoms with E-state index in [1.807, 2.05) is 30.3 Å². The Hall–Kier alpha value is -2.83. The van der Waals surface area contributed by atoms with Gasteiger partial charge in [0.2, 0.25) is 11.8 Å². The minimum absolute atomic E-state index is 0.105. The van der Waals surface area contributed by atoms with Crippen molar-refractivity contribution in [2.24, 2.45) is 0 Å². The number of benzene rings is 1. The van der Waals surface area contributed by atoms with Gasteiger partial charge in [0.25, 0.3) is 5.56 Å². The van der Waals surface area contributed by atoms with Gasteiger partial charge in [-0.3, -0.25) is 19.5 Å². The number of carbonyl (C=O) groups excluding carboxylic acids is 2. The molecule has 0 saturated carbocycles. The summed E-state index contributed by atoms with van der Waals surface area (Å²) in [6, 6.07) is 9.41. The molecule has 0 bridgehead atoms. The van der Waals surface area contributed by atoms with E-state index in [0.717, 1.165) is 29.8 Å². The van der Waals surface area contributed by atoms with E-state index in [2.05, 4.69) is 17.3 Å². The highest BCUT2D eigenvalue weighted by Crippen LogP contribution is 2.28. The molecule has 0 radical (unpaired) electrons. The SMILES string of the molecule is CCCCCCCCCCCCn1[nH]c(Nc2ccccc2)c(N2C(=O)CCC2=O)c1=O. The molecule has 2 heterocycles. The number of hydrogen-bond donors (Lipinski definition) is 2. The van der Waals surface area contributed by atoms with Crippen molar-refractivity contribution in [3.05, 3.63) is 40.7 Å². The number of H-pyrrole nitrogens is 1. The third-order valence-electron chi connectivity index (χ3n) is 5.98. The molecular weight excluding hydrogens is 404 g/mol. The second kappa shape index (κ2) is 12.3. The Morgan fingerprint density at radius 1 is 0.812 bits per heavy atom. The average Bonchev–Trinajstić information content (AvgIpc) is 3.27. The van der Waals surface area contributed by atoms with Gasteiger partial charge in [0.05, 0.1) is 0 Å². The van der Waals surface area contributed by atoms with Gasteiger partial charge in [-0.15, -0.1) is 0 Å². The quantitative estimate of drug-likeness (QED) is 0.300. The molecule has 32 heavy (non-hydrogen) atoms. The van der Waals surface area contributed by atoms with Crippen LogP contribution in [0.4, 0.5) is 17.2 Å². The van der Waals surface area contributed by atoms with Crippen LogP contribution < -0.4 is 15.8 Å². The number of aromatic amines is 1. The van der Waals surface area contributed by atoms with E-state index in [0.29, 0.717) is 12.4 Å². The maximum atomic E-state index is 13.1. The van der Waals surface area contributed by atoms with Gasteiger partial charge in [-0.25, -0.2) is 9.58 Å². The Morgan fingerprint density at radius 3 is 1.97 bits per heavy atom. The zero-order valence-corrected chi connectivity index (χ0v) is 19.2. The molecule has 174 valence electrons. The van der Waals surface area contributed by atoms with Crippen LogP contribution in [0.15, 0.2) is 35.1 Å². The fraction of sp³-hybridized carbons (Fsp3) is 0.560. The molecule has 0 aliphatic carbocycles. The summed E-state index contributed by atoms with van der Waals surface area (Å²) < 4.78 is 1.52. The normalized spacial score (nSPS) is 13.8. The fourth-order valence-corrected chi connectivity index (χ4v) is 4.17. The van der Waals surface area contributed by atoms with Gasteiger partial charge in [-0.1, -0.05) is 82.9 Å². The van der Waals surface area contributed by atoms with E-state index in [1.54, 1.807) is 0 Å². The van der Waals surface area contributed by atoms with Crippen molar-refractivity contribution >= 4 is 29.0 Å². The van der Waals surface area contributed by atoms with Crippen LogP contribution in [0, 0.1) is 0 Å². The largest absolute Gasteiger partial charge is 0.339 e. The van der Waals surface area contributed by atoms with Crippen molar-refractivity contribution in [3.8, 4) is 0 Å². The smallest absolute Gasteiger partial charge is 0.293 e. The van der Waals surface area contributed by atoms with Crippen LogP contribution in [-0.4, -0.2) is 21.6 Å². The second-order valence-corrected chi connectivity index (χ2v) is 8.59. The van der Waals surface area contributed by atoms with Gasteiger partial charge in [0.15, 0.2) is 11.5 Å². The molecule has 1 aromatic heterocycles. The summed E-state index contributed by atoms with van der Waals surface area (Å²) in [5, 5.41) is 6.26. The number of amides is 2. The number of nitrogens with one attached hydrogen (secondary N) is 2. The summed E-state index contributed by atoms with van der Waals surface area (Å²) in [6.07, 6.45) is 12.5. The van der Waals surface area contributed by atoms with E-state index in [-0.39, 0.29) is 35.9 Å². The van der Waals surface area contributed by atoms with Crippen molar-refractivity contribution in [1.82, 2.24) is 9.78 Å². The Kier molecular flexibility index (Phi) is 9.13. The van der Waals surface area contributed by atoms with Crippen molar-refractivity contribution < 1.29 is 9.59 Å². The third-order valence-corrected chi connectivity index (χ3v) is 5.98. The first-order valence-corrected chi connectivity index (χ1v) is 12.1. The molecule has 1 fully saturated rings. The maximum absolute atomic E-state index is 13.1. The lowest BCUT2D eigenvalue weighted by molar-refractivity contribution is -0.121. The summed E-state index contributed by atoms with van der Waals surface area (Å²) in [5.74, 6) is -0.265. The molecule has 7 heteroatoms. The fourth-order valence-electron chi connectivity index (χ4n) is 4.17. The van der Waals surface area contributed by atoms with E-state index in [9.17, 15) is 14.4 Å². The predicted molar refractivity (Wildman–Crippen MR) is 128 cm³/mol. The van der Waals surface area contributed by atoms with Gasteiger partial charge < -0.3 is 5.32 Å². The average molecular weight is 441 g/mol. The minimum atomic E-state index is -0.331. The molecule has 1 aliphatic heterocycles. The summed E-state index contributed by atoms with van der Waals surface area (Å²) in [5.41, 5.74) is 0.552. The topological polar surface area (TPSA) is 87.2 Å². The van der Waals surface area contributed by atoms with Crippen LogP contribution in [0.5, 0.6) is 0 Å². The van der Waals surface area contributed by atoms with Crippen molar-refractivity contribution in [3.63, 3.8) is 0 Å². The molecule has 0 unspecified atom stereocenters. The molecule has 2 amide bonds. The van der Waals surface area contributed by atoms with Crippen LogP contribution in [0.2, 0.25) is 0 Å². The molecular formula is C25H36N4O3.